The Kier molecular flexibility index (Phi) is 3.47. The molecule has 3 rings (SSSR count). The van der Waals surface area contributed by atoms with Gasteiger partial charge in [0, 0.05) is 29.6 Å². The summed E-state index contributed by atoms with van der Waals surface area (Å²) >= 11 is 0. The first-order chi connectivity index (χ1) is 10.4. The number of carbonyl (C=O) groups is 1. The van der Waals surface area contributed by atoms with E-state index in [1.165, 1.54) is 0 Å². The van der Waals surface area contributed by atoms with Crippen molar-refractivity contribution in [1.82, 2.24) is 4.57 Å². The molecule has 116 valence electrons. The standard InChI is InChI=1S/C18H21NO3/c1-10(2)14-7-12(22-4)8-16-15(14)9-17-13(5-6-19(16)17)11(3)18(20)21/h7-9,11,13H,1,5-6H2,2-4H3,(H,20,21). The van der Waals surface area contributed by atoms with Crippen molar-refractivity contribution >= 4 is 22.4 Å². The summed E-state index contributed by atoms with van der Waals surface area (Å²) in [6.07, 6.45) is 0.873. The summed E-state index contributed by atoms with van der Waals surface area (Å²) in [4.78, 5) is 11.3. The number of nitrogens with zero attached hydrogens (tertiary/aromatic N) is 1. The minimum absolute atomic E-state index is 0.0638. The quantitative estimate of drug-likeness (QED) is 0.931. The lowest BCUT2D eigenvalue weighted by Gasteiger charge is -2.13. The highest BCUT2D eigenvalue weighted by Gasteiger charge is 2.33. The molecule has 0 radical (unpaired) electrons. The van der Waals surface area contributed by atoms with Crippen molar-refractivity contribution in [2.24, 2.45) is 5.92 Å². The van der Waals surface area contributed by atoms with E-state index in [0.717, 1.165) is 46.4 Å². The molecule has 1 N–H and O–H groups in total. The molecule has 0 spiro atoms. The van der Waals surface area contributed by atoms with Crippen molar-refractivity contribution in [3.05, 3.63) is 36.0 Å². The van der Waals surface area contributed by atoms with Gasteiger partial charge in [-0.2, -0.15) is 0 Å². The van der Waals surface area contributed by atoms with Crippen LogP contribution < -0.4 is 4.74 Å². The third-order valence-corrected chi connectivity index (χ3v) is 4.76. The Morgan fingerprint density at radius 2 is 2.18 bits per heavy atom. The Labute approximate surface area is 130 Å². The van der Waals surface area contributed by atoms with Crippen molar-refractivity contribution in [3.8, 4) is 5.75 Å². The zero-order valence-corrected chi connectivity index (χ0v) is 13.2. The smallest absolute Gasteiger partial charge is 0.306 e. The maximum absolute atomic E-state index is 11.3. The van der Waals surface area contributed by atoms with Crippen molar-refractivity contribution in [2.45, 2.75) is 32.7 Å². The second kappa shape index (κ2) is 5.20. The molecule has 0 aliphatic carbocycles. The molecule has 2 aromatic rings. The molecule has 4 nitrogen and oxygen atoms in total. The van der Waals surface area contributed by atoms with Gasteiger partial charge in [-0.1, -0.05) is 19.1 Å². The number of aromatic nitrogens is 1. The molecule has 0 fully saturated rings. The molecule has 0 bridgehead atoms. The van der Waals surface area contributed by atoms with E-state index in [1.807, 2.05) is 19.1 Å². The number of methoxy groups -OCH3 is 1. The minimum atomic E-state index is -0.735. The topological polar surface area (TPSA) is 51.5 Å². The molecule has 4 heteroatoms. The molecule has 0 saturated heterocycles. The molecule has 1 aromatic carbocycles. The predicted octanol–water partition coefficient (Wildman–Crippen LogP) is 3.89. The van der Waals surface area contributed by atoms with Gasteiger partial charge in [-0.05, 0) is 31.0 Å². The minimum Gasteiger partial charge on any atom is -0.497 e. The number of aryl methyl sites for hydroxylation is 1. The van der Waals surface area contributed by atoms with E-state index in [4.69, 9.17) is 4.74 Å². The van der Waals surface area contributed by atoms with E-state index in [2.05, 4.69) is 17.2 Å². The molecular formula is C18H21NO3. The van der Waals surface area contributed by atoms with E-state index >= 15 is 0 Å². The van der Waals surface area contributed by atoms with Gasteiger partial charge in [0.05, 0.1) is 18.5 Å². The molecule has 2 atom stereocenters. The molecular weight excluding hydrogens is 278 g/mol. The molecule has 1 aromatic heterocycles. The van der Waals surface area contributed by atoms with Crippen LogP contribution in [0.1, 0.15) is 37.4 Å². The van der Waals surface area contributed by atoms with Gasteiger partial charge in [-0.15, -0.1) is 0 Å². The number of carboxylic acid groups (broad SMARTS) is 1. The number of fused-ring (bicyclic) bond motifs is 3. The van der Waals surface area contributed by atoms with Gasteiger partial charge >= 0.3 is 5.97 Å². The van der Waals surface area contributed by atoms with E-state index in [-0.39, 0.29) is 11.8 Å². The number of ether oxygens (including phenoxy) is 1. The first-order valence-corrected chi connectivity index (χ1v) is 7.54. The van der Waals surface area contributed by atoms with Gasteiger partial charge in [-0.3, -0.25) is 4.79 Å². The maximum Gasteiger partial charge on any atom is 0.306 e. The van der Waals surface area contributed by atoms with Crippen LogP contribution in [0.5, 0.6) is 5.75 Å². The largest absolute Gasteiger partial charge is 0.497 e. The fourth-order valence-electron chi connectivity index (χ4n) is 3.47. The lowest BCUT2D eigenvalue weighted by atomic mass is 9.90. The third kappa shape index (κ3) is 2.10. The average Bonchev–Trinajstić information content (AvgIpc) is 3.03. The molecule has 1 aliphatic heterocycles. The fraction of sp³-hybridized carbons (Fsp3) is 0.389. The van der Waals surface area contributed by atoms with Crippen molar-refractivity contribution < 1.29 is 14.6 Å². The predicted molar refractivity (Wildman–Crippen MR) is 87.4 cm³/mol. The highest BCUT2D eigenvalue weighted by Crippen LogP contribution is 2.41. The van der Waals surface area contributed by atoms with Gasteiger partial charge < -0.3 is 14.4 Å². The monoisotopic (exact) mass is 299 g/mol. The molecule has 2 heterocycles. The van der Waals surface area contributed by atoms with Crippen LogP contribution in [0, 0.1) is 5.92 Å². The van der Waals surface area contributed by atoms with Gasteiger partial charge in [0.25, 0.3) is 0 Å². The molecule has 2 unspecified atom stereocenters. The Morgan fingerprint density at radius 1 is 1.45 bits per heavy atom. The van der Waals surface area contributed by atoms with Crippen LogP contribution >= 0.6 is 0 Å². The van der Waals surface area contributed by atoms with Crippen molar-refractivity contribution in [1.29, 1.82) is 0 Å². The lowest BCUT2D eigenvalue weighted by Crippen LogP contribution is -2.17. The molecule has 0 saturated carbocycles. The van der Waals surface area contributed by atoms with Gasteiger partial charge in [0.2, 0.25) is 0 Å². The van der Waals surface area contributed by atoms with Gasteiger partial charge in [-0.25, -0.2) is 0 Å². The Morgan fingerprint density at radius 3 is 2.77 bits per heavy atom. The van der Waals surface area contributed by atoms with Crippen LogP contribution in [0.4, 0.5) is 0 Å². The van der Waals surface area contributed by atoms with Gasteiger partial charge in [0.1, 0.15) is 5.75 Å². The van der Waals surface area contributed by atoms with E-state index < -0.39 is 5.97 Å². The first-order valence-electron chi connectivity index (χ1n) is 7.54. The highest BCUT2D eigenvalue weighted by atomic mass is 16.5. The average molecular weight is 299 g/mol. The number of aliphatic carboxylic acids is 1. The van der Waals surface area contributed by atoms with Gasteiger partial charge in [0.15, 0.2) is 0 Å². The normalized spacial score (nSPS) is 18.2. The number of hydrogen-bond donors (Lipinski definition) is 1. The van der Waals surface area contributed by atoms with Crippen LogP contribution in [0.2, 0.25) is 0 Å². The Hall–Kier alpha value is -2.23. The summed E-state index contributed by atoms with van der Waals surface area (Å²) in [5, 5.41) is 10.5. The van der Waals surface area contributed by atoms with Crippen molar-refractivity contribution in [2.75, 3.05) is 7.11 Å². The lowest BCUT2D eigenvalue weighted by molar-refractivity contribution is -0.141. The maximum atomic E-state index is 11.3. The van der Waals surface area contributed by atoms with Crippen LogP contribution in [0.15, 0.2) is 24.8 Å². The number of benzene rings is 1. The van der Waals surface area contributed by atoms with E-state index in [9.17, 15) is 9.90 Å². The summed E-state index contributed by atoms with van der Waals surface area (Å²) in [6.45, 7) is 8.68. The zero-order valence-electron chi connectivity index (χ0n) is 13.2. The second-order valence-electron chi connectivity index (χ2n) is 6.13. The summed E-state index contributed by atoms with van der Waals surface area (Å²) in [5.74, 6) is -0.239. The highest BCUT2D eigenvalue weighted by molar-refractivity contribution is 5.94. The summed E-state index contributed by atoms with van der Waals surface area (Å²) in [6, 6.07) is 6.16. The number of carboxylic acids is 1. The van der Waals surface area contributed by atoms with Crippen LogP contribution in [0.3, 0.4) is 0 Å². The zero-order chi connectivity index (χ0) is 16.0. The number of hydrogen-bond acceptors (Lipinski definition) is 2. The summed E-state index contributed by atoms with van der Waals surface area (Å²) < 4.78 is 7.64. The molecule has 22 heavy (non-hydrogen) atoms. The number of rotatable bonds is 4. The molecule has 1 aliphatic rings. The Bertz CT molecular complexity index is 772. The Balaban J connectivity index is 2.21. The first kappa shape index (κ1) is 14.7. The van der Waals surface area contributed by atoms with E-state index in [1.54, 1.807) is 14.0 Å². The summed E-state index contributed by atoms with van der Waals surface area (Å²) in [5.41, 5.74) is 4.27. The van der Waals surface area contributed by atoms with Crippen LogP contribution in [0.25, 0.3) is 16.5 Å². The fourth-order valence-corrected chi connectivity index (χ4v) is 3.47. The molecule has 0 amide bonds. The van der Waals surface area contributed by atoms with E-state index in [0.29, 0.717) is 0 Å². The summed E-state index contributed by atoms with van der Waals surface area (Å²) in [7, 11) is 1.66. The second-order valence-corrected chi connectivity index (χ2v) is 6.13. The van der Waals surface area contributed by atoms with Crippen LogP contribution in [-0.2, 0) is 11.3 Å². The third-order valence-electron chi connectivity index (χ3n) is 4.76. The number of allylic oxidation sites excluding steroid dienone is 1. The SMILES string of the molecule is C=C(C)c1cc(OC)cc2c1cc1n2CCC1C(C)C(=O)O. The van der Waals surface area contributed by atoms with Crippen LogP contribution in [-0.4, -0.2) is 22.8 Å². The van der Waals surface area contributed by atoms with Crippen molar-refractivity contribution in [3.63, 3.8) is 0 Å².